The Hall–Kier alpha value is -3.11. The van der Waals surface area contributed by atoms with Crippen molar-refractivity contribution in [1.82, 2.24) is 24.9 Å². The monoisotopic (exact) mass is 332 g/mol. The van der Waals surface area contributed by atoms with Crippen LogP contribution in [0.1, 0.15) is 22.9 Å². The molecule has 0 bridgehead atoms. The number of rotatable bonds is 4. The molecule has 4 aromatic rings. The van der Waals surface area contributed by atoms with E-state index in [0.717, 1.165) is 32.2 Å². The molecule has 1 N–H and O–H groups in total. The van der Waals surface area contributed by atoms with Crippen molar-refractivity contribution in [2.45, 2.75) is 12.3 Å². The lowest BCUT2D eigenvalue weighted by molar-refractivity contribution is 0.824. The highest BCUT2D eigenvalue weighted by atomic mass is 32.1. The largest absolute Gasteiger partial charge is 0.346 e. The van der Waals surface area contributed by atoms with Gasteiger partial charge in [0.2, 0.25) is 0 Å². The maximum Gasteiger partial charge on any atom is 0.141 e. The smallest absolute Gasteiger partial charge is 0.141 e. The topological polar surface area (TPSA) is 91.1 Å². The van der Waals surface area contributed by atoms with Gasteiger partial charge in [0.25, 0.3) is 0 Å². The van der Waals surface area contributed by atoms with Crippen molar-refractivity contribution in [3.8, 4) is 16.6 Å². The summed E-state index contributed by atoms with van der Waals surface area (Å²) in [4.78, 5) is 21.3. The van der Waals surface area contributed by atoms with E-state index in [2.05, 4.69) is 31.0 Å². The van der Waals surface area contributed by atoms with Gasteiger partial charge in [-0.2, -0.15) is 5.26 Å². The second kappa shape index (κ2) is 6.18. The first-order chi connectivity index (χ1) is 11.9. The summed E-state index contributed by atoms with van der Waals surface area (Å²) in [6.07, 6.45) is 9.06. The quantitative estimate of drug-likeness (QED) is 0.617. The molecule has 24 heavy (non-hydrogen) atoms. The van der Waals surface area contributed by atoms with Crippen LogP contribution >= 0.6 is 11.3 Å². The lowest BCUT2D eigenvalue weighted by Crippen LogP contribution is -1.99. The van der Waals surface area contributed by atoms with E-state index in [1.54, 1.807) is 30.1 Å². The fraction of sp³-hybridized carbons (Fsp3) is 0.118. The maximum absolute atomic E-state index is 9.18. The average Bonchev–Trinajstić information content (AvgIpc) is 3.29. The second-order valence-electron chi connectivity index (χ2n) is 5.22. The van der Waals surface area contributed by atoms with Gasteiger partial charge >= 0.3 is 0 Å². The van der Waals surface area contributed by atoms with E-state index < -0.39 is 0 Å². The molecule has 0 saturated carbocycles. The minimum Gasteiger partial charge on any atom is -0.346 e. The van der Waals surface area contributed by atoms with E-state index in [1.807, 2.05) is 30.6 Å². The summed E-state index contributed by atoms with van der Waals surface area (Å²) in [7, 11) is 0. The predicted octanol–water partition coefficient (Wildman–Crippen LogP) is 3.52. The Morgan fingerprint density at radius 2 is 2.04 bits per heavy atom. The van der Waals surface area contributed by atoms with Crippen LogP contribution in [0.25, 0.3) is 21.6 Å². The maximum atomic E-state index is 9.18. The van der Waals surface area contributed by atoms with Crippen molar-refractivity contribution in [3.63, 3.8) is 0 Å². The molecule has 6 nitrogen and oxygen atoms in total. The van der Waals surface area contributed by atoms with Gasteiger partial charge in [-0.25, -0.2) is 15.0 Å². The number of aromatic amines is 1. The van der Waals surface area contributed by atoms with Crippen LogP contribution in [-0.2, 0) is 0 Å². The van der Waals surface area contributed by atoms with E-state index in [4.69, 9.17) is 0 Å². The third kappa shape index (κ3) is 2.53. The Balaban J connectivity index is 1.76. The standard InChI is InChI=1S/C17H12N6S/c18-5-1-12(11-2-6-19-7-3-11)17-21-9-14(24-17)15-13-4-8-20-16(13)23-10-22-15/h2-4,6-10,12H,1H2,(H,20,22,23). The average molecular weight is 332 g/mol. The van der Waals surface area contributed by atoms with Gasteiger partial charge in [0.05, 0.1) is 16.6 Å². The molecule has 0 aliphatic carbocycles. The molecule has 0 radical (unpaired) electrons. The van der Waals surface area contributed by atoms with Gasteiger partial charge in [-0.3, -0.25) is 4.98 Å². The number of fused-ring (bicyclic) bond motifs is 1. The molecule has 1 unspecified atom stereocenters. The van der Waals surface area contributed by atoms with Crippen molar-refractivity contribution >= 4 is 22.4 Å². The number of hydrogen-bond acceptors (Lipinski definition) is 6. The number of nitrogens with one attached hydrogen (secondary N) is 1. The number of aromatic nitrogens is 5. The molecule has 0 spiro atoms. The van der Waals surface area contributed by atoms with E-state index in [0.29, 0.717) is 6.42 Å². The van der Waals surface area contributed by atoms with Crippen LogP contribution in [0, 0.1) is 11.3 Å². The normalized spacial score (nSPS) is 12.1. The third-order valence-electron chi connectivity index (χ3n) is 3.81. The van der Waals surface area contributed by atoms with E-state index in [9.17, 15) is 5.26 Å². The summed E-state index contributed by atoms with van der Waals surface area (Å²) in [6.45, 7) is 0. The van der Waals surface area contributed by atoms with Crippen LogP contribution in [-0.4, -0.2) is 24.9 Å². The Morgan fingerprint density at radius 1 is 1.17 bits per heavy atom. The number of nitrogens with zero attached hydrogens (tertiary/aromatic N) is 5. The number of hydrogen-bond donors (Lipinski definition) is 1. The molecule has 4 aromatic heterocycles. The van der Waals surface area contributed by atoms with Crippen LogP contribution in [0.5, 0.6) is 0 Å². The molecule has 1 atom stereocenters. The summed E-state index contributed by atoms with van der Waals surface area (Å²) in [5, 5.41) is 11.1. The fourth-order valence-electron chi connectivity index (χ4n) is 2.66. The van der Waals surface area contributed by atoms with Gasteiger partial charge in [-0.15, -0.1) is 11.3 Å². The first-order valence-corrected chi connectivity index (χ1v) is 8.19. The van der Waals surface area contributed by atoms with Crippen molar-refractivity contribution in [1.29, 1.82) is 5.26 Å². The molecular weight excluding hydrogens is 320 g/mol. The summed E-state index contributed by atoms with van der Waals surface area (Å²) < 4.78 is 0. The molecule has 7 heteroatoms. The number of H-pyrrole nitrogens is 1. The Labute approximate surface area is 141 Å². The molecule has 0 aromatic carbocycles. The van der Waals surface area contributed by atoms with Crippen molar-refractivity contribution in [3.05, 3.63) is 59.9 Å². The summed E-state index contributed by atoms with van der Waals surface area (Å²) >= 11 is 1.56. The minimum absolute atomic E-state index is 0.0553. The molecule has 0 aliphatic heterocycles. The Bertz CT molecular complexity index is 1010. The SMILES string of the molecule is N#CCC(c1ccncc1)c1ncc(-c2ncnc3[nH]ccc23)s1. The van der Waals surface area contributed by atoms with E-state index in [-0.39, 0.29) is 5.92 Å². The van der Waals surface area contributed by atoms with E-state index >= 15 is 0 Å². The lowest BCUT2D eigenvalue weighted by atomic mass is 9.98. The van der Waals surface area contributed by atoms with Crippen molar-refractivity contribution in [2.75, 3.05) is 0 Å². The molecule has 0 saturated heterocycles. The van der Waals surface area contributed by atoms with Gasteiger partial charge in [-0.05, 0) is 23.8 Å². The van der Waals surface area contributed by atoms with Gasteiger partial charge in [0, 0.05) is 42.5 Å². The molecule has 0 amide bonds. The highest BCUT2D eigenvalue weighted by Gasteiger charge is 2.19. The second-order valence-corrected chi connectivity index (χ2v) is 6.28. The Kier molecular flexibility index (Phi) is 3.73. The lowest BCUT2D eigenvalue weighted by Gasteiger charge is -2.10. The summed E-state index contributed by atoms with van der Waals surface area (Å²) in [5.41, 5.74) is 2.70. The molecule has 4 rings (SSSR count). The van der Waals surface area contributed by atoms with Gasteiger partial charge < -0.3 is 4.98 Å². The van der Waals surface area contributed by atoms with Crippen molar-refractivity contribution in [2.24, 2.45) is 0 Å². The molecule has 0 aliphatic rings. The zero-order valence-corrected chi connectivity index (χ0v) is 13.4. The first-order valence-electron chi connectivity index (χ1n) is 7.38. The zero-order chi connectivity index (χ0) is 16.4. The number of thiazole rings is 1. The third-order valence-corrected chi connectivity index (χ3v) is 4.93. The van der Waals surface area contributed by atoms with Gasteiger partial charge in [0.1, 0.15) is 17.0 Å². The van der Waals surface area contributed by atoms with Gasteiger partial charge in [0.15, 0.2) is 0 Å². The Morgan fingerprint density at radius 3 is 2.88 bits per heavy atom. The minimum atomic E-state index is -0.0553. The van der Waals surface area contributed by atoms with Crippen LogP contribution in [0.3, 0.4) is 0 Å². The number of nitriles is 1. The highest BCUT2D eigenvalue weighted by molar-refractivity contribution is 7.15. The van der Waals surface area contributed by atoms with Crippen LogP contribution in [0.2, 0.25) is 0 Å². The molecule has 4 heterocycles. The summed E-state index contributed by atoms with van der Waals surface area (Å²) in [5.74, 6) is -0.0553. The zero-order valence-electron chi connectivity index (χ0n) is 12.5. The fourth-order valence-corrected chi connectivity index (χ4v) is 3.72. The summed E-state index contributed by atoms with van der Waals surface area (Å²) in [6, 6.07) is 8.07. The van der Waals surface area contributed by atoms with Crippen LogP contribution in [0.15, 0.2) is 49.3 Å². The predicted molar refractivity (Wildman–Crippen MR) is 91.3 cm³/mol. The molecular formula is C17H12N6S. The van der Waals surface area contributed by atoms with Crippen LogP contribution in [0.4, 0.5) is 0 Å². The van der Waals surface area contributed by atoms with Crippen LogP contribution < -0.4 is 0 Å². The van der Waals surface area contributed by atoms with E-state index in [1.165, 1.54) is 0 Å². The molecule has 0 fully saturated rings. The van der Waals surface area contributed by atoms with Crippen molar-refractivity contribution < 1.29 is 0 Å². The highest BCUT2D eigenvalue weighted by Crippen LogP contribution is 2.35. The number of pyridine rings is 1. The first kappa shape index (κ1) is 14.5. The van der Waals surface area contributed by atoms with Gasteiger partial charge in [-0.1, -0.05) is 0 Å². The molecule has 116 valence electrons.